The Balaban J connectivity index is 1.54. The minimum Gasteiger partial charge on any atom is -0.414 e. The summed E-state index contributed by atoms with van der Waals surface area (Å²) in [6.07, 6.45) is 0. The molecule has 8 heteroatoms. The summed E-state index contributed by atoms with van der Waals surface area (Å²) in [5.41, 5.74) is 1.44. The number of hydrogen-bond acceptors (Lipinski definition) is 7. The summed E-state index contributed by atoms with van der Waals surface area (Å²) in [5.74, 6) is 0.200. The zero-order valence-corrected chi connectivity index (χ0v) is 19.5. The van der Waals surface area contributed by atoms with Gasteiger partial charge in [-0.05, 0) is 42.0 Å². The summed E-state index contributed by atoms with van der Waals surface area (Å²) >= 11 is 0. The second kappa shape index (κ2) is 10.3. The van der Waals surface area contributed by atoms with Crippen molar-refractivity contribution >= 4 is 13.6 Å². The molecular weight excluding hydrogens is 461 g/mol. The zero-order valence-electron chi connectivity index (χ0n) is 18.6. The van der Waals surface area contributed by atoms with E-state index < -0.39 is 13.4 Å². The molecule has 0 fully saturated rings. The molecule has 0 saturated heterocycles. The summed E-state index contributed by atoms with van der Waals surface area (Å²) in [7, 11) is -3.96. The number of aromatic nitrogens is 2. The van der Waals surface area contributed by atoms with Crippen molar-refractivity contribution in [3.63, 3.8) is 0 Å². The van der Waals surface area contributed by atoms with Crippen LogP contribution in [-0.4, -0.2) is 10.2 Å². The maximum absolute atomic E-state index is 14.5. The standard InChI is InChI=1S/C27H22N3O4P/c31-35(33-23-17-9-3-10-18-23,34-24-19-11-4-12-20-24)26(22-15-7-2-8-16-22)28-27-30-29-25(32-27)21-13-5-1-6-14-21/h1-20,26H,(H,28,30). The molecule has 0 spiro atoms. The second-order valence-electron chi connectivity index (χ2n) is 7.58. The molecule has 35 heavy (non-hydrogen) atoms. The van der Waals surface area contributed by atoms with Crippen molar-refractivity contribution in [1.82, 2.24) is 10.2 Å². The number of anilines is 1. The normalized spacial score (nSPS) is 12.0. The van der Waals surface area contributed by atoms with Crippen LogP contribution in [0.15, 0.2) is 126 Å². The lowest BCUT2D eigenvalue weighted by Crippen LogP contribution is -2.18. The molecule has 1 aromatic heterocycles. The topological polar surface area (TPSA) is 86.5 Å². The van der Waals surface area contributed by atoms with E-state index in [9.17, 15) is 4.57 Å². The first-order valence-corrected chi connectivity index (χ1v) is 12.6. The third-order valence-electron chi connectivity index (χ3n) is 5.09. The Morgan fingerprint density at radius 3 is 1.69 bits per heavy atom. The molecule has 1 unspecified atom stereocenters. The fraction of sp³-hybridized carbons (Fsp3) is 0.0370. The highest BCUT2D eigenvalue weighted by atomic mass is 31.2. The number of hydrogen-bond donors (Lipinski definition) is 1. The van der Waals surface area contributed by atoms with Crippen molar-refractivity contribution in [1.29, 1.82) is 0 Å². The highest BCUT2D eigenvalue weighted by molar-refractivity contribution is 7.55. The van der Waals surface area contributed by atoms with Gasteiger partial charge in [0.2, 0.25) is 5.89 Å². The van der Waals surface area contributed by atoms with Crippen molar-refractivity contribution < 1.29 is 18.0 Å². The van der Waals surface area contributed by atoms with Gasteiger partial charge in [0.15, 0.2) is 5.78 Å². The summed E-state index contributed by atoms with van der Waals surface area (Å²) in [5, 5.41) is 11.4. The van der Waals surface area contributed by atoms with Gasteiger partial charge in [0.1, 0.15) is 11.5 Å². The molecule has 0 radical (unpaired) electrons. The highest BCUT2D eigenvalue weighted by Gasteiger charge is 2.42. The van der Waals surface area contributed by atoms with Crippen LogP contribution in [0.5, 0.6) is 11.5 Å². The van der Waals surface area contributed by atoms with Crippen LogP contribution >= 0.6 is 7.60 Å². The minimum atomic E-state index is -3.96. The van der Waals surface area contributed by atoms with E-state index in [4.69, 9.17) is 13.5 Å². The first-order chi connectivity index (χ1) is 17.2. The van der Waals surface area contributed by atoms with Gasteiger partial charge < -0.3 is 18.8 Å². The van der Waals surface area contributed by atoms with Crippen LogP contribution in [0.2, 0.25) is 0 Å². The van der Waals surface area contributed by atoms with E-state index in [1.165, 1.54) is 0 Å². The number of para-hydroxylation sites is 2. The third kappa shape index (κ3) is 5.42. The molecule has 0 bridgehead atoms. The quantitative estimate of drug-likeness (QED) is 0.222. The first kappa shape index (κ1) is 22.4. The predicted octanol–water partition coefficient (Wildman–Crippen LogP) is 7.20. The van der Waals surface area contributed by atoms with Gasteiger partial charge in [-0.15, -0.1) is 5.10 Å². The maximum atomic E-state index is 14.5. The molecule has 0 saturated carbocycles. The van der Waals surface area contributed by atoms with Gasteiger partial charge >= 0.3 is 13.6 Å². The smallest absolute Gasteiger partial charge is 0.414 e. The molecule has 0 aliphatic carbocycles. The van der Waals surface area contributed by atoms with Crippen LogP contribution in [-0.2, 0) is 4.57 Å². The van der Waals surface area contributed by atoms with Crippen LogP contribution in [0.1, 0.15) is 11.3 Å². The Kier molecular flexibility index (Phi) is 6.59. The van der Waals surface area contributed by atoms with Gasteiger partial charge in [0.05, 0.1) is 0 Å². The van der Waals surface area contributed by atoms with E-state index >= 15 is 0 Å². The molecule has 4 aromatic carbocycles. The van der Waals surface area contributed by atoms with E-state index in [1.54, 1.807) is 48.5 Å². The van der Waals surface area contributed by atoms with E-state index in [1.807, 2.05) is 72.8 Å². The Bertz CT molecular complexity index is 1350. The number of benzene rings is 4. The van der Waals surface area contributed by atoms with E-state index in [0.29, 0.717) is 23.0 Å². The van der Waals surface area contributed by atoms with Gasteiger partial charge in [0.25, 0.3) is 0 Å². The summed E-state index contributed by atoms with van der Waals surface area (Å²) in [4.78, 5) is 0. The summed E-state index contributed by atoms with van der Waals surface area (Å²) < 4.78 is 32.5. The fourth-order valence-corrected chi connectivity index (χ4v) is 5.34. The predicted molar refractivity (Wildman–Crippen MR) is 134 cm³/mol. The fourth-order valence-electron chi connectivity index (χ4n) is 3.46. The molecule has 174 valence electrons. The van der Waals surface area contributed by atoms with E-state index in [-0.39, 0.29) is 6.01 Å². The molecule has 0 aliphatic rings. The molecule has 7 nitrogen and oxygen atoms in total. The van der Waals surface area contributed by atoms with E-state index in [2.05, 4.69) is 15.5 Å². The highest BCUT2D eigenvalue weighted by Crippen LogP contribution is 2.60. The van der Waals surface area contributed by atoms with Crippen LogP contribution in [0.25, 0.3) is 11.5 Å². The molecule has 1 heterocycles. The Labute approximate surface area is 202 Å². The molecule has 0 amide bonds. The Morgan fingerprint density at radius 1 is 0.657 bits per heavy atom. The van der Waals surface area contributed by atoms with Crippen LogP contribution in [0.3, 0.4) is 0 Å². The summed E-state index contributed by atoms with van der Waals surface area (Å²) in [6, 6.07) is 36.6. The average molecular weight is 483 g/mol. The minimum absolute atomic E-state index is 0.0891. The molecule has 1 atom stereocenters. The number of rotatable bonds is 9. The first-order valence-electron chi connectivity index (χ1n) is 11.0. The second-order valence-corrected chi connectivity index (χ2v) is 9.55. The van der Waals surface area contributed by atoms with Crippen LogP contribution < -0.4 is 14.4 Å². The number of nitrogens with zero attached hydrogens (tertiary/aromatic N) is 2. The lowest BCUT2D eigenvalue weighted by Gasteiger charge is -2.28. The van der Waals surface area contributed by atoms with Crippen molar-refractivity contribution in [3.8, 4) is 23.0 Å². The van der Waals surface area contributed by atoms with Crippen molar-refractivity contribution in [2.75, 3.05) is 5.32 Å². The third-order valence-corrected chi connectivity index (χ3v) is 7.08. The molecule has 5 rings (SSSR count). The van der Waals surface area contributed by atoms with Gasteiger partial charge in [-0.3, -0.25) is 0 Å². The Hall–Kier alpha value is -4.35. The van der Waals surface area contributed by atoms with Crippen LogP contribution in [0, 0.1) is 0 Å². The van der Waals surface area contributed by atoms with Crippen LogP contribution in [0.4, 0.5) is 6.01 Å². The monoisotopic (exact) mass is 483 g/mol. The van der Waals surface area contributed by atoms with E-state index in [0.717, 1.165) is 5.56 Å². The maximum Gasteiger partial charge on any atom is 0.457 e. The largest absolute Gasteiger partial charge is 0.457 e. The van der Waals surface area contributed by atoms with Gasteiger partial charge in [-0.1, -0.05) is 90.0 Å². The van der Waals surface area contributed by atoms with Gasteiger partial charge in [-0.2, -0.15) is 0 Å². The van der Waals surface area contributed by atoms with Crippen molar-refractivity contribution in [2.45, 2.75) is 5.78 Å². The van der Waals surface area contributed by atoms with Gasteiger partial charge in [0, 0.05) is 5.56 Å². The zero-order chi connectivity index (χ0) is 23.9. The lowest BCUT2D eigenvalue weighted by molar-refractivity contribution is 0.375. The average Bonchev–Trinajstić information content (AvgIpc) is 3.38. The van der Waals surface area contributed by atoms with Crippen molar-refractivity contribution in [2.24, 2.45) is 0 Å². The Morgan fingerprint density at radius 2 is 1.14 bits per heavy atom. The SMILES string of the molecule is O=P(Oc1ccccc1)(Oc1ccccc1)C(Nc1nnc(-c2ccccc2)o1)c1ccccc1. The molecule has 0 aliphatic heterocycles. The molecule has 1 N–H and O–H groups in total. The lowest BCUT2D eigenvalue weighted by atomic mass is 10.2. The molecular formula is C27H22N3O4P. The number of nitrogens with one attached hydrogen (secondary N) is 1. The van der Waals surface area contributed by atoms with Gasteiger partial charge in [-0.25, -0.2) is 4.57 Å². The van der Waals surface area contributed by atoms with Crippen molar-refractivity contribution in [3.05, 3.63) is 127 Å². The molecule has 5 aromatic rings. The summed E-state index contributed by atoms with van der Waals surface area (Å²) in [6.45, 7) is 0.